The summed E-state index contributed by atoms with van der Waals surface area (Å²) in [6.45, 7) is 4.30. The number of nitrogens with zero attached hydrogens (tertiary/aromatic N) is 2. The molecule has 0 amide bonds. The standard InChI is InChI=1S/C18H18N2O3S/c1-3-18(2)8-10-6-4-5-7-11(10)14-13(18)15(21)20-9-12(16(22)23)24-17(20)19-14/h4-7,12H,3,8-9H2,1-2H3,(H,22,23)/p-1/t12-,18+/m1/s1. The monoisotopic (exact) mass is 341 g/mol. The highest BCUT2D eigenvalue weighted by atomic mass is 32.2. The number of hydrogen-bond donors (Lipinski definition) is 0. The number of carboxylic acid groups (broad SMARTS) is 1. The Morgan fingerprint density at radius 3 is 2.92 bits per heavy atom. The van der Waals surface area contributed by atoms with E-state index in [2.05, 4.69) is 19.9 Å². The molecule has 2 atom stereocenters. The van der Waals surface area contributed by atoms with Crippen LogP contribution < -0.4 is 10.7 Å². The van der Waals surface area contributed by atoms with Crippen LogP contribution in [0.2, 0.25) is 0 Å². The summed E-state index contributed by atoms with van der Waals surface area (Å²) in [6, 6.07) is 8.01. The minimum Gasteiger partial charge on any atom is -0.549 e. The number of thioether (sulfide) groups is 1. The van der Waals surface area contributed by atoms with Crippen molar-refractivity contribution in [1.29, 1.82) is 0 Å². The van der Waals surface area contributed by atoms with Crippen molar-refractivity contribution >= 4 is 17.7 Å². The van der Waals surface area contributed by atoms with Crippen LogP contribution in [-0.4, -0.2) is 20.8 Å². The Kier molecular flexibility index (Phi) is 3.35. The fourth-order valence-electron chi connectivity index (χ4n) is 3.69. The first-order valence-electron chi connectivity index (χ1n) is 8.05. The lowest BCUT2D eigenvalue weighted by Gasteiger charge is -2.35. The van der Waals surface area contributed by atoms with E-state index in [9.17, 15) is 14.7 Å². The van der Waals surface area contributed by atoms with Crippen molar-refractivity contribution < 1.29 is 9.90 Å². The van der Waals surface area contributed by atoms with E-state index in [1.807, 2.05) is 18.2 Å². The maximum absolute atomic E-state index is 13.2. The van der Waals surface area contributed by atoms with Gasteiger partial charge in [-0.2, -0.15) is 0 Å². The van der Waals surface area contributed by atoms with E-state index in [-0.39, 0.29) is 17.5 Å². The Morgan fingerprint density at radius 2 is 2.21 bits per heavy atom. The Bertz CT molecular complexity index is 921. The van der Waals surface area contributed by atoms with Crippen LogP contribution in [0.15, 0.2) is 34.2 Å². The van der Waals surface area contributed by atoms with E-state index in [4.69, 9.17) is 4.98 Å². The molecular formula is C18H17N2O3S-. The van der Waals surface area contributed by atoms with Gasteiger partial charge in [0.2, 0.25) is 0 Å². The number of carbonyl (C=O) groups excluding carboxylic acids is 1. The maximum Gasteiger partial charge on any atom is 0.258 e. The number of rotatable bonds is 2. The molecule has 6 heteroatoms. The van der Waals surface area contributed by atoms with Crippen LogP contribution in [0, 0.1) is 0 Å². The largest absolute Gasteiger partial charge is 0.549 e. The molecule has 1 aliphatic carbocycles. The van der Waals surface area contributed by atoms with Crippen molar-refractivity contribution in [2.45, 2.75) is 49.1 Å². The van der Waals surface area contributed by atoms with Crippen LogP contribution >= 0.6 is 11.8 Å². The molecule has 0 saturated carbocycles. The first-order valence-corrected chi connectivity index (χ1v) is 8.93. The summed E-state index contributed by atoms with van der Waals surface area (Å²) < 4.78 is 1.51. The highest BCUT2D eigenvalue weighted by Gasteiger charge is 2.39. The second kappa shape index (κ2) is 5.21. The molecule has 0 fully saturated rings. The van der Waals surface area contributed by atoms with E-state index < -0.39 is 11.2 Å². The molecule has 1 aliphatic heterocycles. The van der Waals surface area contributed by atoms with Crippen LogP contribution in [0.4, 0.5) is 0 Å². The molecule has 0 N–H and O–H groups in total. The van der Waals surface area contributed by atoms with E-state index in [0.717, 1.165) is 30.2 Å². The third-order valence-corrected chi connectivity index (χ3v) is 6.38. The van der Waals surface area contributed by atoms with Crippen LogP contribution in [0.1, 0.15) is 31.4 Å². The van der Waals surface area contributed by atoms with Gasteiger partial charge in [0.15, 0.2) is 5.16 Å². The lowest BCUT2D eigenvalue weighted by molar-refractivity contribution is -0.304. The highest BCUT2D eigenvalue weighted by Crippen LogP contribution is 2.43. The molecular weight excluding hydrogens is 324 g/mol. The van der Waals surface area contributed by atoms with E-state index in [1.54, 1.807) is 0 Å². The second-order valence-electron chi connectivity index (χ2n) is 6.71. The smallest absolute Gasteiger partial charge is 0.258 e. The van der Waals surface area contributed by atoms with Crippen LogP contribution in [0.5, 0.6) is 0 Å². The van der Waals surface area contributed by atoms with Gasteiger partial charge in [-0.3, -0.25) is 9.36 Å². The summed E-state index contributed by atoms with van der Waals surface area (Å²) in [5, 5.41) is 10.9. The van der Waals surface area contributed by atoms with Gasteiger partial charge < -0.3 is 9.90 Å². The minimum atomic E-state index is -1.15. The van der Waals surface area contributed by atoms with Crippen LogP contribution in [0.3, 0.4) is 0 Å². The zero-order valence-electron chi connectivity index (χ0n) is 13.5. The first kappa shape index (κ1) is 15.4. The third-order valence-electron chi connectivity index (χ3n) is 5.23. The van der Waals surface area contributed by atoms with Crippen LogP contribution in [-0.2, 0) is 23.2 Å². The molecule has 0 bridgehead atoms. The number of carboxylic acids is 1. The Morgan fingerprint density at radius 1 is 1.46 bits per heavy atom. The van der Waals surface area contributed by atoms with Crippen LogP contribution in [0.25, 0.3) is 11.3 Å². The van der Waals surface area contributed by atoms with Gasteiger partial charge in [-0.25, -0.2) is 4.98 Å². The highest BCUT2D eigenvalue weighted by molar-refractivity contribution is 8.00. The average molecular weight is 341 g/mol. The Balaban J connectivity index is 2.00. The van der Waals surface area contributed by atoms with E-state index in [0.29, 0.717) is 16.4 Å². The van der Waals surface area contributed by atoms with Gasteiger partial charge in [-0.1, -0.05) is 49.9 Å². The Labute approximate surface area is 143 Å². The molecule has 124 valence electrons. The lowest BCUT2D eigenvalue weighted by Crippen LogP contribution is -2.40. The fourth-order valence-corrected chi connectivity index (χ4v) is 4.70. The summed E-state index contributed by atoms with van der Waals surface area (Å²) in [5.74, 6) is -1.15. The molecule has 4 rings (SSSR count). The van der Waals surface area contributed by atoms with Crippen molar-refractivity contribution in [3.8, 4) is 11.3 Å². The zero-order chi connectivity index (χ0) is 17.1. The number of benzene rings is 1. The third kappa shape index (κ3) is 2.05. The van der Waals surface area contributed by atoms with Gasteiger partial charge in [-0.15, -0.1) is 0 Å². The molecule has 1 aromatic carbocycles. The molecule has 2 aromatic rings. The SMILES string of the molecule is CC[C@@]1(C)Cc2ccccc2-c2nc3n(c(=O)c21)C[C@H](C(=O)[O-])S3. The van der Waals surface area contributed by atoms with Gasteiger partial charge in [-0.05, 0) is 18.4 Å². The molecule has 2 heterocycles. The van der Waals surface area contributed by atoms with Crippen molar-refractivity contribution in [2.24, 2.45) is 0 Å². The van der Waals surface area contributed by atoms with E-state index in [1.165, 1.54) is 10.1 Å². The molecule has 0 radical (unpaired) electrons. The normalized spacial score (nSPS) is 24.2. The number of carbonyl (C=O) groups is 1. The number of hydrogen-bond acceptors (Lipinski definition) is 5. The fraction of sp³-hybridized carbons (Fsp3) is 0.389. The number of fused-ring (bicyclic) bond motifs is 4. The molecule has 1 aromatic heterocycles. The van der Waals surface area contributed by atoms with Crippen molar-refractivity contribution in [3.63, 3.8) is 0 Å². The lowest BCUT2D eigenvalue weighted by atomic mass is 9.69. The summed E-state index contributed by atoms with van der Waals surface area (Å²) in [6.07, 6.45) is 1.61. The predicted molar refractivity (Wildman–Crippen MR) is 89.9 cm³/mol. The molecule has 5 nitrogen and oxygen atoms in total. The van der Waals surface area contributed by atoms with Gasteiger partial charge in [0.05, 0.1) is 22.5 Å². The minimum absolute atomic E-state index is 0.106. The molecule has 0 spiro atoms. The Hall–Kier alpha value is -2.08. The predicted octanol–water partition coefficient (Wildman–Crippen LogP) is 1.36. The molecule has 0 unspecified atom stereocenters. The topological polar surface area (TPSA) is 75.0 Å². The summed E-state index contributed by atoms with van der Waals surface area (Å²) in [4.78, 5) is 29.1. The van der Waals surface area contributed by atoms with Gasteiger partial charge in [0.1, 0.15) is 0 Å². The number of aromatic nitrogens is 2. The second-order valence-corrected chi connectivity index (χ2v) is 7.88. The average Bonchev–Trinajstić information content (AvgIpc) is 3.00. The maximum atomic E-state index is 13.2. The molecule has 24 heavy (non-hydrogen) atoms. The van der Waals surface area contributed by atoms with Gasteiger partial charge in [0, 0.05) is 17.5 Å². The summed E-state index contributed by atoms with van der Waals surface area (Å²) in [5.41, 5.74) is 3.20. The first-order chi connectivity index (χ1) is 11.4. The summed E-state index contributed by atoms with van der Waals surface area (Å²) >= 11 is 1.10. The van der Waals surface area contributed by atoms with E-state index >= 15 is 0 Å². The van der Waals surface area contributed by atoms with Crippen molar-refractivity contribution in [1.82, 2.24) is 9.55 Å². The zero-order valence-corrected chi connectivity index (χ0v) is 14.4. The van der Waals surface area contributed by atoms with Crippen molar-refractivity contribution in [2.75, 3.05) is 0 Å². The quantitative estimate of drug-likeness (QED) is 0.771. The van der Waals surface area contributed by atoms with Gasteiger partial charge >= 0.3 is 0 Å². The molecule has 0 saturated heterocycles. The number of aliphatic carboxylic acids is 1. The molecule has 2 aliphatic rings. The van der Waals surface area contributed by atoms with Gasteiger partial charge in [0.25, 0.3) is 5.56 Å². The van der Waals surface area contributed by atoms with Crippen molar-refractivity contribution in [3.05, 3.63) is 45.7 Å². The summed E-state index contributed by atoms with van der Waals surface area (Å²) in [7, 11) is 0.